The standard InChI is InChI=1S/C24H23FN6O2/c1-2-31-19-6-4-3-5-18(19)30-20(31)11-12-28-23(32)21-22(27-14-13-26-21)24(33)29-15-16-7-9-17(25)10-8-16/h3-10,13-14H,2,11-12,15H2,1H3,(H,28,32)(H,29,33). The first-order chi connectivity index (χ1) is 16.1. The second kappa shape index (κ2) is 9.99. The SMILES string of the molecule is CCn1c(CCNC(=O)c2nccnc2C(=O)NCc2ccc(F)cc2)nc2ccccc21. The van der Waals surface area contributed by atoms with E-state index in [-0.39, 0.29) is 23.7 Å². The monoisotopic (exact) mass is 446 g/mol. The molecule has 0 aliphatic carbocycles. The maximum absolute atomic E-state index is 13.0. The highest BCUT2D eigenvalue weighted by Gasteiger charge is 2.20. The number of carbonyl (C=O) groups excluding carboxylic acids is 2. The third-order valence-electron chi connectivity index (χ3n) is 5.18. The molecule has 9 heteroatoms. The third-order valence-corrected chi connectivity index (χ3v) is 5.18. The summed E-state index contributed by atoms with van der Waals surface area (Å²) in [6.07, 6.45) is 3.25. The third kappa shape index (κ3) is 5.03. The van der Waals surface area contributed by atoms with Gasteiger partial charge >= 0.3 is 0 Å². The normalized spacial score (nSPS) is 10.8. The van der Waals surface area contributed by atoms with Gasteiger partial charge in [-0.2, -0.15) is 0 Å². The Hall–Kier alpha value is -4.14. The van der Waals surface area contributed by atoms with Gasteiger partial charge in [-0.3, -0.25) is 9.59 Å². The quantitative estimate of drug-likeness (QED) is 0.433. The van der Waals surface area contributed by atoms with Crippen molar-refractivity contribution in [1.29, 1.82) is 0 Å². The second-order valence-corrected chi connectivity index (χ2v) is 7.33. The van der Waals surface area contributed by atoms with Crippen LogP contribution in [0, 0.1) is 5.82 Å². The minimum Gasteiger partial charge on any atom is -0.350 e. The van der Waals surface area contributed by atoms with Crippen LogP contribution in [0.1, 0.15) is 39.3 Å². The number of para-hydroxylation sites is 2. The summed E-state index contributed by atoms with van der Waals surface area (Å²) in [6, 6.07) is 13.7. The maximum atomic E-state index is 13.0. The molecule has 2 amide bonds. The molecule has 0 aliphatic heterocycles. The van der Waals surface area contributed by atoms with Crippen molar-refractivity contribution in [3.05, 3.63) is 89.5 Å². The zero-order valence-electron chi connectivity index (χ0n) is 18.1. The highest BCUT2D eigenvalue weighted by molar-refractivity contribution is 6.04. The number of aryl methyl sites for hydroxylation is 1. The average molecular weight is 446 g/mol. The van der Waals surface area contributed by atoms with E-state index in [1.54, 1.807) is 12.1 Å². The number of nitrogens with zero attached hydrogens (tertiary/aromatic N) is 4. The molecule has 8 nitrogen and oxygen atoms in total. The van der Waals surface area contributed by atoms with E-state index in [1.807, 2.05) is 31.2 Å². The topological polar surface area (TPSA) is 102 Å². The van der Waals surface area contributed by atoms with Crippen molar-refractivity contribution in [3.8, 4) is 0 Å². The molecule has 0 bridgehead atoms. The molecule has 2 aromatic carbocycles. The summed E-state index contributed by atoms with van der Waals surface area (Å²) < 4.78 is 15.2. The Kier molecular flexibility index (Phi) is 6.68. The van der Waals surface area contributed by atoms with Gasteiger partial charge in [-0.1, -0.05) is 24.3 Å². The molecule has 2 aromatic heterocycles. The lowest BCUT2D eigenvalue weighted by molar-refractivity contribution is 0.0910. The highest BCUT2D eigenvalue weighted by Crippen LogP contribution is 2.16. The van der Waals surface area contributed by atoms with Crippen LogP contribution in [0.3, 0.4) is 0 Å². The molecule has 0 atom stereocenters. The van der Waals surface area contributed by atoms with Crippen LogP contribution in [0.2, 0.25) is 0 Å². The van der Waals surface area contributed by atoms with Crippen LogP contribution >= 0.6 is 0 Å². The van der Waals surface area contributed by atoms with Gasteiger partial charge in [-0.25, -0.2) is 19.3 Å². The minimum atomic E-state index is -0.537. The van der Waals surface area contributed by atoms with E-state index in [2.05, 4.69) is 30.2 Å². The minimum absolute atomic E-state index is 0.0573. The molecule has 0 fully saturated rings. The molecule has 0 saturated heterocycles. The van der Waals surface area contributed by atoms with Crippen LogP contribution in [-0.4, -0.2) is 37.9 Å². The smallest absolute Gasteiger partial charge is 0.272 e. The van der Waals surface area contributed by atoms with Gasteiger partial charge in [0.05, 0.1) is 11.0 Å². The Bertz CT molecular complexity index is 1290. The fourth-order valence-electron chi connectivity index (χ4n) is 3.58. The number of carbonyl (C=O) groups is 2. The zero-order chi connectivity index (χ0) is 23.2. The highest BCUT2D eigenvalue weighted by atomic mass is 19.1. The van der Waals surface area contributed by atoms with Crippen LogP contribution in [0.25, 0.3) is 11.0 Å². The molecular weight excluding hydrogens is 423 g/mol. The summed E-state index contributed by atoms with van der Waals surface area (Å²) in [5.41, 5.74) is 2.56. The molecule has 2 heterocycles. The molecule has 0 radical (unpaired) electrons. The lowest BCUT2D eigenvalue weighted by atomic mass is 10.2. The summed E-state index contributed by atoms with van der Waals surface area (Å²) >= 11 is 0. The van der Waals surface area contributed by atoms with Crippen molar-refractivity contribution in [2.45, 2.75) is 26.4 Å². The maximum Gasteiger partial charge on any atom is 0.272 e. The number of amides is 2. The number of rotatable bonds is 8. The van der Waals surface area contributed by atoms with Crippen LogP contribution in [0.5, 0.6) is 0 Å². The van der Waals surface area contributed by atoms with E-state index >= 15 is 0 Å². The van der Waals surface area contributed by atoms with Gasteiger partial charge in [0.15, 0.2) is 11.4 Å². The Morgan fingerprint density at radius 1 is 0.939 bits per heavy atom. The number of hydrogen-bond acceptors (Lipinski definition) is 5. The van der Waals surface area contributed by atoms with Gasteiger partial charge in [0.1, 0.15) is 11.6 Å². The first kappa shape index (κ1) is 22.1. The number of halogens is 1. The predicted octanol–water partition coefficient (Wildman–Crippen LogP) is 2.89. The van der Waals surface area contributed by atoms with Gasteiger partial charge in [0, 0.05) is 38.4 Å². The number of fused-ring (bicyclic) bond motifs is 1. The number of hydrogen-bond donors (Lipinski definition) is 2. The summed E-state index contributed by atoms with van der Waals surface area (Å²) in [4.78, 5) is 38.1. The number of nitrogens with one attached hydrogen (secondary N) is 2. The van der Waals surface area contributed by atoms with Crippen LogP contribution in [0.4, 0.5) is 4.39 Å². The molecule has 0 unspecified atom stereocenters. The molecule has 4 rings (SSSR count). The van der Waals surface area contributed by atoms with Gasteiger partial charge in [0.25, 0.3) is 11.8 Å². The molecule has 33 heavy (non-hydrogen) atoms. The summed E-state index contributed by atoms with van der Waals surface area (Å²) in [5, 5.41) is 5.49. The number of aromatic nitrogens is 4. The number of benzene rings is 2. The Morgan fingerprint density at radius 2 is 1.61 bits per heavy atom. The van der Waals surface area contributed by atoms with Crippen molar-refractivity contribution in [1.82, 2.24) is 30.2 Å². The Labute approximate surface area is 189 Å². The molecule has 0 saturated carbocycles. The predicted molar refractivity (Wildman–Crippen MR) is 121 cm³/mol. The zero-order valence-corrected chi connectivity index (χ0v) is 18.1. The van der Waals surface area contributed by atoms with E-state index in [0.717, 1.165) is 29.0 Å². The van der Waals surface area contributed by atoms with E-state index in [0.29, 0.717) is 13.0 Å². The van der Waals surface area contributed by atoms with Crippen LogP contribution in [0.15, 0.2) is 60.9 Å². The van der Waals surface area contributed by atoms with Crippen molar-refractivity contribution in [3.63, 3.8) is 0 Å². The molecule has 0 aliphatic rings. The van der Waals surface area contributed by atoms with Gasteiger partial charge in [-0.15, -0.1) is 0 Å². The fraction of sp³-hybridized carbons (Fsp3) is 0.208. The lowest BCUT2D eigenvalue weighted by Crippen LogP contribution is -2.32. The van der Waals surface area contributed by atoms with Gasteiger partial charge in [0.2, 0.25) is 0 Å². The molecule has 168 valence electrons. The van der Waals surface area contributed by atoms with E-state index in [4.69, 9.17) is 0 Å². The van der Waals surface area contributed by atoms with Crippen molar-refractivity contribution < 1.29 is 14.0 Å². The van der Waals surface area contributed by atoms with E-state index in [9.17, 15) is 14.0 Å². The lowest BCUT2D eigenvalue weighted by Gasteiger charge is -2.10. The first-order valence-electron chi connectivity index (χ1n) is 10.6. The summed E-state index contributed by atoms with van der Waals surface area (Å²) in [7, 11) is 0. The van der Waals surface area contributed by atoms with Crippen molar-refractivity contribution in [2.24, 2.45) is 0 Å². The second-order valence-electron chi connectivity index (χ2n) is 7.33. The largest absolute Gasteiger partial charge is 0.350 e. The van der Waals surface area contributed by atoms with Crippen LogP contribution in [-0.2, 0) is 19.5 Å². The van der Waals surface area contributed by atoms with Crippen molar-refractivity contribution in [2.75, 3.05) is 6.54 Å². The molecule has 2 N–H and O–H groups in total. The van der Waals surface area contributed by atoms with Gasteiger partial charge in [-0.05, 0) is 36.8 Å². The summed E-state index contributed by atoms with van der Waals surface area (Å²) in [5.74, 6) is -0.512. The fourth-order valence-corrected chi connectivity index (χ4v) is 3.58. The van der Waals surface area contributed by atoms with E-state index in [1.165, 1.54) is 24.5 Å². The Morgan fingerprint density at radius 3 is 2.30 bits per heavy atom. The molecule has 4 aromatic rings. The van der Waals surface area contributed by atoms with Crippen molar-refractivity contribution >= 4 is 22.8 Å². The number of imidazole rings is 1. The average Bonchev–Trinajstić information content (AvgIpc) is 3.20. The summed E-state index contributed by atoms with van der Waals surface area (Å²) in [6.45, 7) is 3.32. The first-order valence-corrected chi connectivity index (χ1v) is 10.6. The molecular formula is C24H23FN6O2. The molecule has 0 spiro atoms. The van der Waals surface area contributed by atoms with E-state index < -0.39 is 11.8 Å². The van der Waals surface area contributed by atoms with Crippen LogP contribution < -0.4 is 10.6 Å². The van der Waals surface area contributed by atoms with Gasteiger partial charge < -0.3 is 15.2 Å². The Balaban J connectivity index is 1.40.